The van der Waals surface area contributed by atoms with E-state index in [0.29, 0.717) is 5.92 Å². The van der Waals surface area contributed by atoms with Gasteiger partial charge >= 0.3 is 6.09 Å². The Bertz CT molecular complexity index is 745. The quantitative estimate of drug-likeness (QED) is 0.874. The van der Waals surface area contributed by atoms with Gasteiger partial charge in [-0.25, -0.2) is 4.79 Å². The molecule has 0 bridgehead atoms. The first-order chi connectivity index (χ1) is 12.2. The highest BCUT2D eigenvalue weighted by molar-refractivity contribution is 6.31. The maximum absolute atomic E-state index is 12.8. The predicted octanol–water partition coefficient (Wildman–Crippen LogP) is 3.71. The van der Waals surface area contributed by atoms with Crippen molar-refractivity contribution in [2.45, 2.75) is 69.7 Å². The zero-order chi connectivity index (χ0) is 18.6. The Kier molecular flexibility index (Phi) is 4.18. The van der Waals surface area contributed by atoms with Crippen molar-refractivity contribution < 1.29 is 14.3 Å². The highest BCUT2D eigenvalue weighted by atomic mass is 35.5. The molecule has 2 amide bonds. The fourth-order valence-corrected chi connectivity index (χ4v) is 4.30. The van der Waals surface area contributed by atoms with E-state index in [4.69, 9.17) is 16.3 Å². The molecule has 140 valence electrons. The van der Waals surface area contributed by atoms with Crippen LogP contribution in [-0.2, 0) is 9.53 Å². The average molecular weight is 377 g/mol. The number of rotatable bonds is 3. The molecule has 5 nitrogen and oxygen atoms in total. The molecule has 2 aliphatic carbocycles. The molecule has 5 atom stereocenters. The standard InChI is InChI=1S/C20H25ClN2O3/c1-20(2,3)26-19(25)23-16-8-11(16)9-17(23)18(24)22-15-10-13(15)12-6-4-5-7-14(12)21/h4-7,11,13,15-17H,8-10H2,1-3H3,(H,22,24)/t11-,13-,15+,16?,17-/m0/s1. The second-order valence-electron chi connectivity index (χ2n) is 8.68. The number of benzene rings is 1. The van der Waals surface area contributed by atoms with Crippen LogP contribution in [0.25, 0.3) is 0 Å². The van der Waals surface area contributed by atoms with Crippen LogP contribution in [0.3, 0.4) is 0 Å². The molecule has 4 rings (SSSR count). The number of carbonyl (C=O) groups excluding carboxylic acids is 2. The van der Waals surface area contributed by atoms with Crippen LogP contribution in [0.1, 0.15) is 51.5 Å². The minimum absolute atomic E-state index is 0.0670. The Labute approximate surface area is 159 Å². The van der Waals surface area contributed by atoms with Gasteiger partial charge in [0.15, 0.2) is 0 Å². The molecule has 1 heterocycles. The summed E-state index contributed by atoms with van der Waals surface area (Å²) in [4.78, 5) is 27.0. The minimum Gasteiger partial charge on any atom is -0.444 e. The third-order valence-corrected chi connectivity index (χ3v) is 5.78. The van der Waals surface area contributed by atoms with Gasteiger partial charge in [0, 0.05) is 23.0 Å². The Morgan fingerprint density at radius 2 is 1.92 bits per heavy atom. The van der Waals surface area contributed by atoms with Crippen molar-refractivity contribution >= 4 is 23.6 Å². The van der Waals surface area contributed by atoms with E-state index in [1.54, 1.807) is 4.90 Å². The topological polar surface area (TPSA) is 58.6 Å². The van der Waals surface area contributed by atoms with E-state index in [9.17, 15) is 9.59 Å². The van der Waals surface area contributed by atoms with Crippen LogP contribution in [0, 0.1) is 5.92 Å². The van der Waals surface area contributed by atoms with E-state index in [2.05, 4.69) is 5.32 Å². The minimum atomic E-state index is -0.559. The summed E-state index contributed by atoms with van der Waals surface area (Å²) in [5.74, 6) is 0.637. The fourth-order valence-electron chi connectivity index (χ4n) is 4.02. The monoisotopic (exact) mass is 376 g/mol. The highest BCUT2D eigenvalue weighted by Gasteiger charge is 2.57. The number of carbonyl (C=O) groups is 2. The highest BCUT2D eigenvalue weighted by Crippen LogP contribution is 2.49. The van der Waals surface area contributed by atoms with Crippen molar-refractivity contribution in [2.24, 2.45) is 5.92 Å². The van der Waals surface area contributed by atoms with E-state index in [-0.39, 0.29) is 30.0 Å². The molecular formula is C20H25ClN2O3. The second-order valence-corrected chi connectivity index (χ2v) is 9.09. The molecule has 3 fully saturated rings. The Hall–Kier alpha value is -1.75. The van der Waals surface area contributed by atoms with Crippen molar-refractivity contribution in [3.63, 3.8) is 0 Å². The lowest BCUT2D eigenvalue weighted by Gasteiger charge is -2.30. The van der Waals surface area contributed by atoms with Gasteiger partial charge in [-0.3, -0.25) is 9.69 Å². The summed E-state index contributed by atoms with van der Waals surface area (Å²) >= 11 is 6.26. The molecule has 1 aliphatic heterocycles. The molecule has 1 aromatic carbocycles. The summed E-state index contributed by atoms with van der Waals surface area (Å²) in [6.45, 7) is 5.54. The van der Waals surface area contributed by atoms with E-state index in [0.717, 1.165) is 29.8 Å². The number of hydrogen-bond acceptors (Lipinski definition) is 3. The molecule has 0 spiro atoms. The van der Waals surface area contributed by atoms with Gasteiger partial charge < -0.3 is 10.1 Å². The maximum Gasteiger partial charge on any atom is 0.411 e. The molecule has 26 heavy (non-hydrogen) atoms. The van der Waals surface area contributed by atoms with Gasteiger partial charge in [-0.2, -0.15) is 0 Å². The van der Waals surface area contributed by atoms with Crippen molar-refractivity contribution in [3.05, 3.63) is 34.9 Å². The zero-order valence-corrected chi connectivity index (χ0v) is 16.1. The first-order valence-corrected chi connectivity index (χ1v) is 9.68. The van der Waals surface area contributed by atoms with Gasteiger partial charge in [0.2, 0.25) is 5.91 Å². The van der Waals surface area contributed by atoms with E-state index >= 15 is 0 Å². The van der Waals surface area contributed by atoms with Crippen LogP contribution < -0.4 is 5.32 Å². The number of likely N-dealkylation sites (tertiary alicyclic amines) is 1. The average Bonchev–Trinajstić information content (AvgIpc) is 3.44. The second kappa shape index (κ2) is 6.15. The lowest BCUT2D eigenvalue weighted by molar-refractivity contribution is -0.126. The number of halogens is 1. The molecular weight excluding hydrogens is 352 g/mol. The van der Waals surface area contributed by atoms with Gasteiger partial charge in [-0.15, -0.1) is 0 Å². The number of amides is 2. The number of hydrogen-bond donors (Lipinski definition) is 1. The van der Waals surface area contributed by atoms with Gasteiger partial charge in [0.25, 0.3) is 0 Å². The van der Waals surface area contributed by atoms with Crippen molar-refractivity contribution in [1.29, 1.82) is 0 Å². The zero-order valence-electron chi connectivity index (χ0n) is 15.4. The Morgan fingerprint density at radius 3 is 2.62 bits per heavy atom. The van der Waals surface area contributed by atoms with Gasteiger partial charge in [0.05, 0.1) is 0 Å². The number of ether oxygens (including phenoxy) is 1. The summed E-state index contributed by atoms with van der Waals surface area (Å²) in [6.07, 6.45) is 2.23. The number of piperidine rings is 1. The van der Waals surface area contributed by atoms with Crippen LogP contribution in [-0.4, -0.2) is 40.6 Å². The van der Waals surface area contributed by atoms with Crippen molar-refractivity contribution in [1.82, 2.24) is 10.2 Å². The molecule has 1 unspecified atom stereocenters. The molecule has 3 aliphatic rings. The first kappa shape index (κ1) is 17.7. The Morgan fingerprint density at radius 1 is 1.19 bits per heavy atom. The van der Waals surface area contributed by atoms with Gasteiger partial charge in [-0.05, 0) is 57.6 Å². The third kappa shape index (κ3) is 3.41. The fraction of sp³-hybridized carbons (Fsp3) is 0.600. The van der Waals surface area contributed by atoms with Gasteiger partial charge in [0.1, 0.15) is 11.6 Å². The van der Waals surface area contributed by atoms with E-state index < -0.39 is 11.6 Å². The normalized spacial score (nSPS) is 32.0. The SMILES string of the molecule is CC(C)(C)OC(=O)N1C2C[C@H]2C[C@H]1C(=O)N[C@@H]1C[C@H]1c1ccccc1Cl. The number of nitrogens with zero attached hydrogens (tertiary/aromatic N) is 1. The molecule has 1 N–H and O–H groups in total. The van der Waals surface area contributed by atoms with E-state index in [1.807, 2.05) is 45.0 Å². The first-order valence-electron chi connectivity index (χ1n) is 9.31. The lowest BCUT2D eigenvalue weighted by Crippen LogP contribution is -2.50. The van der Waals surface area contributed by atoms with Crippen LogP contribution in [0.4, 0.5) is 4.79 Å². The van der Waals surface area contributed by atoms with Gasteiger partial charge in [-0.1, -0.05) is 29.8 Å². The van der Waals surface area contributed by atoms with Crippen molar-refractivity contribution in [2.75, 3.05) is 0 Å². The molecule has 2 saturated carbocycles. The lowest BCUT2D eigenvalue weighted by atomic mass is 10.1. The van der Waals surface area contributed by atoms with Crippen LogP contribution in [0.5, 0.6) is 0 Å². The van der Waals surface area contributed by atoms with Crippen molar-refractivity contribution in [3.8, 4) is 0 Å². The predicted molar refractivity (Wildman–Crippen MR) is 99.1 cm³/mol. The summed E-state index contributed by atoms with van der Waals surface area (Å²) in [6, 6.07) is 7.61. The van der Waals surface area contributed by atoms with Crippen LogP contribution >= 0.6 is 11.6 Å². The summed E-state index contributed by atoms with van der Waals surface area (Å²) < 4.78 is 5.52. The Balaban J connectivity index is 1.39. The summed E-state index contributed by atoms with van der Waals surface area (Å²) in [7, 11) is 0. The number of fused-ring (bicyclic) bond motifs is 1. The molecule has 0 aromatic heterocycles. The molecule has 0 radical (unpaired) electrons. The summed E-state index contributed by atoms with van der Waals surface area (Å²) in [5, 5.41) is 3.86. The molecule has 6 heteroatoms. The molecule has 1 saturated heterocycles. The number of nitrogens with one attached hydrogen (secondary N) is 1. The maximum atomic E-state index is 12.8. The molecule has 1 aromatic rings. The van der Waals surface area contributed by atoms with Crippen LogP contribution in [0.15, 0.2) is 24.3 Å². The third-order valence-electron chi connectivity index (χ3n) is 5.43. The largest absolute Gasteiger partial charge is 0.444 e. The smallest absolute Gasteiger partial charge is 0.411 e. The van der Waals surface area contributed by atoms with E-state index in [1.165, 1.54) is 0 Å². The van der Waals surface area contributed by atoms with Crippen LogP contribution in [0.2, 0.25) is 5.02 Å². The summed E-state index contributed by atoms with van der Waals surface area (Å²) in [5.41, 5.74) is 0.522.